The third-order valence-corrected chi connectivity index (χ3v) is 5.55. The topological polar surface area (TPSA) is 103 Å². The van der Waals surface area contributed by atoms with Gasteiger partial charge in [0.1, 0.15) is 12.0 Å². The number of carbonyl (C=O) groups is 1. The normalized spacial score (nSPS) is 14.3. The van der Waals surface area contributed by atoms with Crippen LogP contribution in [0.1, 0.15) is 46.1 Å². The van der Waals surface area contributed by atoms with Gasteiger partial charge < -0.3 is 20.1 Å². The molecule has 0 saturated carbocycles. The predicted octanol–water partition coefficient (Wildman–Crippen LogP) is 3.68. The number of amides is 1. The van der Waals surface area contributed by atoms with E-state index in [1.807, 2.05) is 6.92 Å². The molecule has 0 spiro atoms. The van der Waals surface area contributed by atoms with Gasteiger partial charge in [-0.1, -0.05) is 6.92 Å². The molecule has 1 atom stereocenters. The van der Waals surface area contributed by atoms with Gasteiger partial charge in [0.2, 0.25) is 0 Å². The van der Waals surface area contributed by atoms with Crippen LogP contribution < -0.4 is 5.73 Å². The molecule has 0 radical (unpaired) electrons. The lowest BCUT2D eigenvalue weighted by Gasteiger charge is -2.30. The van der Waals surface area contributed by atoms with Crippen LogP contribution in [0.4, 0.5) is 19.0 Å². The Morgan fingerprint density at radius 3 is 2.64 bits per heavy atom. The van der Waals surface area contributed by atoms with Crippen molar-refractivity contribution in [2.24, 2.45) is 0 Å². The number of fused-ring (bicyclic) bond motifs is 3. The molecular formula is C22H22F3N5O3. The van der Waals surface area contributed by atoms with Crippen molar-refractivity contribution in [3.05, 3.63) is 58.5 Å². The van der Waals surface area contributed by atoms with Crippen molar-refractivity contribution >= 4 is 22.8 Å². The molecule has 3 aromatic heterocycles. The van der Waals surface area contributed by atoms with Gasteiger partial charge >= 0.3 is 6.18 Å². The summed E-state index contributed by atoms with van der Waals surface area (Å²) in [4.78, 5) is 27.4. The summed E-state index contributed by atoms with van der Waals surface area (Å²) in [5.41, 5.74) is 7.73. The first-order chi connectivity index (χ1) is 15.7. The Balaban J connectivity index is 1.68. The lowest BCUT2D eigenvalue weighted by molar-refractivity contribution is -0.137. The highest BCUT2D eigenvalue weighted by Gasteiger charge is 2.31. The van der Waals surface area contributed by atoms with Crippen LogP contribution in [0.25, 0.3) is 11.0 Å². The first-order valence-electron chi connectivity index (χ1n) is 10.2. The number of rotatable bonds is 6. The van der Waals surface area contributed by atoms with Crippen LogP contribution in [-0.4, -0.2) is 39.1 Å². The number of anilines is 1. The second kappa shape index (κ2) is 8.91. The minimum Gasteiger partial charge on any atom is -0.383 e. The van der Waals surface area contributed by atoms with Crippen LogP contribution >= 0.6 is 0 Å². The van der Waals surface area contributed by atoms with E-state index < -0.39 is 23.9 Å². The Hall–Kier alpha value is -3.31. The minimum absolute atomic E-state index is 0.0391. The third kappa shape index (κ3) is 4.46. The first-order valence-corrected chi connectivity index (χ1v) is 10.2. The van der Waals surface area contributed by atoms with Crippen molar-refractivity contribution in [2.45, 2.75) is 45.5 Å². The van der Waals surface area contributed by atoms with Crippen LogP contribution in [0.5, 0.6) is 0 Å². The average Bonchev–Trinajstić information content (AvgIpc) is 3.29. The van der Waals surface area contributed by atoms with E-state index >= 15 is 0 Å². The highest BCUT2D eigenvalue weighted by atomic mass is 19.4. The van der Waals surface area contributed by atoms with Crippen molar-refractivity contribution in [2.75, 3.05) is 12.8 Å². The van der Waals surface area contributed by atoms with Crippen LogP contribution in [0.3, 0.4) is 0 Å². The molecule has 2 N–H and O–H groups in total. The fourth-order valence-corrected chi connectivity index (χ4v) is 3.81. The molecule has 1 amide bonds. The second-order valence-corrected chi connectivity index (χ2v) is 7.61. The summed E-state index contributed by atoms with van der Waals surface area (Å²) in [6.45, 7) is 2.48. The number of ether oxygens (including phenoxy) is 2. The molecule has 3 aromatic rings. The molecule has 4 rings (SSSR count). The maximum Gasteiger partial charge on any atom is 0.417 e. The van der Waals surface area contributed by atoms with Gasteiger partial charge in [0.25, 0.3) is 5.91 Å². The summed E-state index contributed by atoms with van der Waals surface area (Å²) in [5, 5.41) is 0.667. The lowest BCUT2D eigenvalue weighted by Crippen LogP contribution is -2.41. The lowest BCUT2D eigenvalue weighted by atomic mass is 10.1. The molecule has 174 valence electrons. The molecule has 0 aromatic carbocycles. The summed E-state index contributed by atoms with van der Waals surface area (Å²) in [6.07, 6.45) is -2.49. The zero-order valence-electron chi connectivity index (χ0n) is 18.0. The number of nitrogens with zero attached hydrogens (tertiary/aromatic N) is 4. The minimum atomic E-state index is -4.49. The molecule has 0 fully saturated rings. The highest BCUT2D eigenvalue weighted by Crippen LogP contribution is 2.31. The third-order valence-electron chi connectivity index (χ3n) is 5.55. The molecular weight excluding hydrogens is 439 g/mol. The summed E-state index contributed by atoms with van der Waals surface area (Å²) < 4.78 is 49.5. The van der Waals surface area contributed by atoms with Crippen molar-refractivity contribution < 1.29 is 27.4 Å². The van der Waals surface area contributed by atoms with E-state index in [2.05, 4.69) is 15.0 Å². The molecule has 8 nitrogen and oxygen atoms in total. The fraction of sp³-hybridized carbons (Fsp3) is 0.364. The van der Waals surface area contributed by atoms with Gasteiger partial charge in [-0.3, -0.25) is 9.78 Å². The standard InChI is InChI=1S/C22H22F3N5O3/c1-3-18(32-2)30(9-14-5-4-13(8-27-14)22(23,24)25)21(31)12-6-15-16-10-33-11-17(16)19(26)29-20(15)28-7-12/h4-8,18H,3,9-11H2,1-2H3,(H2,26,28,29). The Morgan fingerprint density at radius 1 is 1.24 bits per heavy atom. The molecule has 33 heavy (non-hydrogen) atoms. The molecule has 0 saturated heterocycles. The zero-order chi connectivity index (χ0) is 23.8. The Kier molecular flexibility index (Phi) is 6.17. The maximum atomic E-state index is 13.5. The molecule has 1 aliphatic rings. The smallest absolute Gasteiger partial charge is 0.383 e. The predicted molar refractivity (Wildman–Crippen MR) is 113 cm³/mol. The molecule has 1 aliphatic heterocycles. The van der Waals surface area contributed by atoms with Gasteiger partial charge in [-0.15, -0.1) is 0 Å². The summed E-state index contributed by atoms with van der Waals surface area (Å²) in [6, 6.07) is 3.87. The zero-order valence-corrected chi connectivity index (χ0v) is 18.0. The molecule has 0 bridgehead atoms. The number of nitrogens with two attached hydrogens (primary N) is 1. The Labute approximate surface area is 187 Å². The van der Waals surface area contributed by atoms with E-state index in [-0.39, 0.29) is 12.1 Å². The van der Waals surface area contributed by atoms with Crippen LogP contribution in [-0.2, 0) is 35.4 Å². The SMILES string of the molecule is CCC(OC)N(Cc1ccc(C(F)(F)F)cn1)C(=O)c1cnc2nc(N)c3c(c2c1)COC3. The van der Waals surface area contributed by atoms with Crippen molar-refractivity contribution in [3.8, 4) is 0 Å². The number of carbonyl (C=O) groups excluding carboxylic acids is 1. The number of halogens is 3. The van der Waals surface area contributed by atoms with Crippen molar-refractivity contribution in [1.82, 2.24) is 19.9 Å². The highest BCUT2D eigenvalue weighted by molar-refractivity contribution is 5.98. The van der Waals surface area contributed by atoms with Gasteiger partial charge in [0.15, 0.2) is 5.65 Å². The monoisotopic (exact) mass is 461 g/mol. The largest absolute Gasteiger partial charge is 0.417 e. The number of methoxy groups -OCH3 is 1. The van der Waals surface area contributed by atoms with Crippen molar-refractivity contribution in [1.29, 1.82) is 0 Å². The molecule has 4 heterocycles. The first kappa shape index (κ1) is 22.9. The van der Waals surface area contributed by atoms with E-state index in [1.165, 1.54) is 24.3 Å². The molecule has 11 heteroatoms. The number of alkyl halides is 3. The summed E-state index contributed by atoms with van der Waals surface area (Å²) in [7, 11) is 1.46. The van der Waals surface area contributed by atoms with Gasteiger partial charge in [-0.05, 0) is 30.2 Å². The Morgan fingerprint density at radius 2 is 2.00 bits per heavy atom. The van der Waals surface area contributed by atoms with Crippen LogP contribution in [0, 0.1) is 0 Å². The van der Waals surface area contributed by atoms with Crippen LogP contribution in [0.2, 0.25) is 0 Å². The number of nitrogen functional groups attached to an aromatic ring is 1. The van der Waals surface area contributed by atoms with Gasteiger partial charge in [-0.2, -0.15) is 13.2 Å². The maximum absolute atomic E-state index is 13.5. The van der Waals surface area contributed by atoms with E-state index in [9.17, 15) is 18.0 Å². The molecule has 0 aliphatic carbocycles. The fourth-order valence-electron chi connectivity index (χ4n) is 3.81. The number of hydrogen-bond donors (Lipinski definition) is 1. The second-order valence-electron chi connectivity index (χ2n) is 7.61. The quantitative estimate of drug-likeness (QED) is 0.559. The Bertz CT molecular complexity index is 1180. The van der Waals surface area contributed by atoms with Gasteiger partial charge in [0.05, 0.1) is 36.6 Å². The van der Waals surface area contributed by atoms with E-state index in [4.69, 9.17) is 15.2 Å². The van der Waals surface area contributed by atoms with E-state index in [0.29, 0.717) is 42.2 Å². The summed E-state index contributed by atoms with van der Waals surface area (Å²) in [5.74, 6) is -0.0497. The van der Waals surface area contributed by atoms with Crippen molar-refractivity contribution in [3.63, 3.8) is 0 Å². The van der Waals surface area contributed by atoms with Gasteiger partial charge in [-0.25, -0.2) is 9.97 Å². The number of pyridine rings is 3. The number of aromatic nitrogens is 3. The molecule has 1 unspecified atom stereocenters. The summed E-state index contributed by atoms with van der Waals surface area (Å²) >= 11 is 0. The van der Waals surface area contributed by atoms with Gasteiger partial charge in [0, 0.05) is 30.5 Å². The average molecular weight is 461 g/mol. The number of hydrogen-bond acceptors (Lipinski definition) is 7. The van der Waals surface area contributed by atoms with Crippen LogP contribution in [0.15, 0.2) is 30.6 Å². The van der Waals surface area contributed by atoms with E-state index in [0.717, 1.165) is 23.4 Å². The van der Waals surface area contributed by atoms with E-state index in [1.54, 1.807) is 6.07 Å².